The maximum absolute atomic E-state index is 13.3. The molecule has 10 nitrogen and oxygen atoms in total. The van der Waals surface area contributed by atoms with E-state index in [0.29, 0.717) is 37.3 Å². The van der Waals surface area contributed by atoms with Crippen LogP contribution >= 0.6 is 12.6 Å². The van der Waals surface area contributed by atoms with Gasteiger partial charge in [-0.2, -0.15) is 0 Å². The Balaban J connectivity index is 1.51. The molecule has 0 unspecified atom stereocenters. The third kappa shape index (κ3) is 7.45. The SMILES string of the molecule is CC(=NC1=C(S)CN(C)CC1)C(=O)N[C@@H]1CN(C(=O)NC(C)(C)C)CC[C@@H]1NC(=O)c1cc2cc(C)ccc2[nH]1. The number of nitrogens with one attached hydrogen (secondary N) is 4. The Morgan fingerprint density at radius 1 is 1.10 bits per heavy atom. The molecule has 2 aliphatic heterocycles. The number of rotatable bonds is 5. The summed E-state index contributed by atoms with van der Waals surface area (Å²) in [6.45, 7) is 11.7. The molecule has 1 aromatic carbocycles. The van der Waals surface area contributed by atoms with Crippen LogP contribution in [0.4, 0.5) is 4.79 Å². The molecule has 3 heterocycles. The van der Waals surface area contributed by atoms with E-state index in [0.717, 1.165) is 33.6 Å². The number of benzene rings is 1. The van der Waals surface area contributed by atoms with Gasteiger partial charge in [-0.05, 0) is 66.3 Å². The highest BCUT2D eigenvalue weighted by molar-refractivity contribution is 7.84. The fourth-order valence-electron chi connectivity index (χ4n) is 4.99. The minimum Gasteiger partial charge on any atom is -0.351 e. The zero-order valence-corrected chi connectivity index (χ0v) is 25.1. The molecule has 2 aromatic rings. The summed E-state index contributed by atoms with van der Waals surface area (Å²) in [6, 6.07) is 6.72. The number of aromatic nitrogens is 1. The van der Waals surface area contributed by atoms with Crippen molar-refractivity contribution in [2.24, 2.45) is 4.99 Å². The number of hydrogen-bond acceptors (Lipinski definition) is 6. The number of urea groups is 1. The molecule has 0 bridgehead atoms. The molecular weight excluding hydrogens is 526 g/mol. The molecule has 216 valence electrons. The monoisotopic (exact) mass is 567 g/mol. The lowest BCUT2D eigenvalue weighted by atomic mass is 9.98. The first-order valence-electron chi connectivity index (χ1n) is 13.7. The average Bonchev–Trinajstić information content (AvgIpc) is 3.29. The Hall–Kier alpha value is -3.31. The van der Waals surface area contributed by atoms with Gasteiger partial charge < -0.3 is 30.7 Å². The number of aromatic amines is 1. The molecule has 0 radical (unpaired) electrons. The van der Waals surface area contributed by atoms with Crippen LogP contribution in [0.3, 0.4) is 0 Å². The van der Waals surface area contributed by atoms with Crippen molar-refractivity contribution in [2.75, 3.05) is 33.2 Å². The molecular formula is C29H41N7O3S. The van der Waals surface area contributed by atoms with Crippen LogP contribution in [0.25, 0.3) is 10.9 Å². The van der Waals surface area contributed by atoms with Gasteiger partial charge in [0.15, 0.2) is 0 Å². The molecule has 1 saturated heterocycles. The smallest absolute Gasteiger partial charge is 0.317 e. The second-order valence-electron chi connectivity index (χ2n) is 11.9. The number of nitrogens with zero attached hydrogens (tertiary/aromatic N) is 3. The number of likely N-dealkylation sites (N-methyl/N-ethyl adjacent to an activating group) is 1. The highest BCUT2D eigenvalue weighted by Gasteiger charge is 2.35. The van der Waals surface area contributed by atoms with Gasteiger partial charge in [-0.3, -0.25) is 14.6 Å². The first kappa shape index (κ1) is 29.7. The number of likely N-dealkylation sites (tertiary alicyclic amines) is 1. The maximum atomic E-state index is 13.3. The van der Waals surface area contributed by atoms with Crippen molar-refractivity contribution in [1.82, 2.24) is 30.7 Å². The molecule has 0 aliphatic carbocycles. The van der Waals surface area contributed by atoms with E-state index >= 15 is 0 Å². The first-order chi connectivity index (χ1) is 18.8. The van der Waals surface area contributed by atoms with Crippen LogP contribution in [-0.4, -0.2) is 89.2 Å². The van der Waals surface area contributed by atoms with E-state index < -0.39 is 11.6 Å². The number of H-pyrrole nitrogens is 1. The normalized spacial score (nSPS) is 21.0. The highest BCUT2D eigenvalue weighted by Crippen LogP contribution is 2.22. The molecule has 1 aromatic heterocycles. The average molecular weight is 568 g/mol. The number of fused-ring (bicyclic) bond motifs is 1. The Morgan fingerprint density at radius 2 is 1.85 bits per heavy atom. The Kier molecular flexibility index (Phi) is 8.94. The summed E-state index contributed by atoms with van der Waals surface area (Å²) < 4.78 is 0. The second kappa shape index (κ2) is 12.1. The van der Waals surface area contributed by atoms with Gasteiger partial charge >= 0.3 is 6.03 Å². The Labute approximate surface area is 241 Å². The number of amides is 4. The van der Waals surface area contributed by atoms with Crippen LogP contribution < -0.4 is 16.0 Å². The molecule has 2 aliphatic rings. The quantitative estimate of drug-likeness (QED) is 0.281. The van der Waals surface area contributed by atoms with Crippen LogP contribution in [0, 0.1) is 6.92 Å². The molecule has 0 saturated carbocycles. The summed E-state index contributed by atoms with van der Waals surface area (Å²) >= 11 is 4.57. The number of carbonyl (C=O) groups excluding carboxylic acids is 3. The van der Waals surface area contributed by atoms with E-state index in [1.807, 2.05) is 59.0 Å². The first-order valence-corrected chi connectivity index (χ1v) is 14.2. The maximum Gasteiger partial charge on any atom is 0.317 e. The van der Waals surface area contributed by atoms with E-state index in [1.54, 1.807) is 11.8 Å². The third-order valence-electron chi connectivity index (χ3n) is 7.15. The van der Waals surface area contributed by atoms with Crippen LogP contribution in [0.2, 0.25) is 0 Å². The largest absolute Gasteiger partial charge is 0.351 e. The Bertz CT molecular complexity index is 1360. The van der Waals surface area contributed by atoms with Gasteiger partial charge in [0.05, 0.1) is 17.8 Å². The van der Waals surface area contributed by atoms with Crippen molar-refractivity contribution in [3.05, 3.63) is 46.1 Å². The molecule has 4 N–H and O–H groups in total. The van der Waals surface area contributed by atoms with E-state index in [9.17, 15) is 14.4 Å². The summed E-state index contributed by atoms with van der Waals surface area (Å²) in [5, 5.41) is 10.1. The fourth-order valence-corrected chi connectivity index (χ4v) is 5.39. The minimum atomic E-state index is -0.505. The van der Waals surface area contributed by atoms with Crippen LogP contribution in [0.15, 0.2) is 39.9 Å². The zero-order valence-electron chi connectivity index (χ0n) is 24.2. The second-order valence-corrected chi connectivity index (χ2v) is 12.5. The van der Waals surface area contributed by atoms with Gasteiger partial charge in [0.2, 0.25) is 0 Å². The third-order valence-corrected chi connectivity index (χ3v) is 7.55. The number of aliphatic imine (C=N–C) groups is 1. The van der Waals surface area contributed by atoms with Crippen molar-refractivity contribution in [3.63, 3.8) is 0 Å². The number of hydrogen-bond donors (Lipinski definition) is 5. The van der Waals surface area contributed by atoms with Crippen LogP contribution in [0.1, 0.15) is 56.6 Å². The van der Waals surface area contributed by atoms with Gasteiger partial charge in [-0.25, -0.2) is 4.79 Å². The molecule has 4 amide bonds. The predicted molar refractivity (Wildman–Crippen MR) is 162 cm³/mol. The number of piperidine rings is 1. The summed E-state index contributed by atoms with van der Waals surface area (Å²) in [5.74, 6) is -0.594. The van der Waals surface area contributed by atoms with E-state index in [2.05, 4.69) is 43.5 Å². The van der Waals surface area contributed by atoms with Crippen LogP contribution in [-0.2, 0) is 4.79 Å². The molecule has 2 atom stereocenters. The van der Waals surface area contributed by atoms with Crippen LogP contribution in [0.5, 0.6) is 0 Å². The fraction of sp³-hybridized carbons (Fsp3) is 0.517. The number of aryl methyl sites for hydroxylation is 1. The predicted octanol–water partition coefficient (Wildman–Crippen LogP) is 3.21. The lowest BCUT2D eigenvalue weighted by Crippen LogP contribution is -2.63. The van der Waals surface area contributed by atoms with E-state index in [4.69, 9.17) is 0 Å². The molecule has 40 heavy (non-hydrogen) atoms. The number of carbonyl (C=O) groups is 3. The summed E-state index contributed by atoms with van der Waals surface area (Å²) in [4.78, 5) is 51.9. The molecule has 1 fully saturated rings. The van der Waals surface area contributed by atoms with Crippen molar-refractivity contribution >= 4 is 47.1 Å². The minimum absolute atomic E-state index is 0.205. The lowest BCUT2D eigenvalue weighted by Gasteiger charge is -2.40. The van der Waals surface area contributed by atoms with Crippen molar-refractivity contribution in [2.45, 2.75) is 65.1 Å². The summed E-state index contributed by atoms with van der Waals surface area (Å²) in [7, 11) is 2.02. The lowest BCUT2D eigenvalue weighted by molar-refractivity contribution is -0.116. The van der Waals surface area contributed by atoms with E-state index in [-0.39, 0.29) is 30.4 Å². The van der Waals surface area contributed by atoms with E-state index in [1.165, 1.54) is 0 Å². The van der Waals surface area contributed by atoms with Gasteiger partial charge in [0.1, 0.15) is 11.4 Å². The zero-order chi connectivity index (χ0) is 29.2. The Morgan fingerprint density at radius 3 is 2.55 bits per heavy atom. The van der Waals surface area contributed by atoms with Crippen molar-refractivity contribution < 1.29 is 14.4 Å². The standard InChI is InChI=1S/C29H41N7O3S/c1-17-7-8-20-19(13-17)14-23(31-20)27(38)32-21-10-12-36(28(39)34-29(3,4)5)15-24(21)33-26(37)18(2)30-22-9-11-35(6)16-25(22)40/h7-8,13-14,21,24,31,40H,9-12,15-16H2,1-6H3,(H,32,38)(H,33,37)(H,34,39)/t21-,24+/m0/s1. The van der Waals surface area contributed by atoms with Crippen molar-refractivity contribution in [1.29, 1.82) is 0 Å². The van der Waals surface area contributed by atoms with Gasteiger partial charge in [0, 0.05) is 53.9 Å². The highest BCUT2D eigenvalue weighted by atomic mass is 32.1. The summed E-state index contributed by atoms with van der Waals surface area (Å²) in [6.07, 6.45) is 1.20. The van der Waals surface area contributed by atoms with Gasteiger partial charge in [-0.1, -0.05) is 11.6 Å². The summed E-state index contributed by atoms with van der Waals surface area (Å²) in [5.41, 5.74) is 3.17. The molecule has 0 spiro atoms. The molecule has 4 rings (SSSR count). The number of thiol groups is 1. The molecule has 11 heteroatoms. The topological polar surface area (TPSA) is 122 Å². The van der Waals surface area contributed by atoms with Gasteiger partial charge in [0.25, 0.3) is 11.8 Å². The van der Waals surface area contributed by atoms with Crippen molar-refractivity contribution in [3.8, 4) is 0 Å². The van der Waals surface area contributed by atoms with Gasteiger partial charge in [-0.15, -0.1) is 12.6 Å².